The molecular weight excluding hydrogens is 394 g/mol. The number of likely N-dealkylation sites (N-methyl/N-ethyl adjacent to an activating group) is 1. The molecule has 1 N–H and O–H groups in total. The van der Waals surface area contributed by atoms with Crippen molar-refractivity contribution in [3.63, 3.8) is 0 Å². The zero-order chi connectivity index (χ0) is 22.6. The van der Waals surface area contributed by atoms with Crippen LogP contribution >= 0.6 is 0 Å². The maximum atomic E-state index is 6.35. The van der Waals surface area contributed by atoms with E-state index in [0.717, 1.165) is 37.7 Å². The van der Waals surface area contributed by atoms with E-state index in [1.165, 1.54) is 49.7 Å². The SMILES string of the molecule is CNCC(CC(C)C)c1ccc(OC(Cc2ccccc2)OCCC2CCCCC2)cc1. The van der Waals surface area contributed by atoms with Gasteiger partial charge >= 0.3 is 0 Å². The summed E-state index contributed by atoms with van der Waals surface area (Å²) >= 11 is 0. The molecule has 0 bridgehead atoms. The third-order valence-corrected chi connectivity index (χ3v) is 6.63. The highest BCUT2D eigenvalue weighted by atomic mass is 16.7. The van der Waals surface area contributed by atoms with Crippen LogP contribution in [-0.4, -0.2) is 26.5 Å². The lowest BCUT2D eigenvalue weighted by Crippen LogP contribution is -2.25. The molecule has 0 radical (unpaired) electrons. The number of hydrogen-bond acceptors (Lipinski definition) is 3. The average molecular weight is 438 g/mol. The maximum Gasteiger partial charge on any atom is 0.203 e. The van der Waals surface area contributed by atoms with Crippen LogP contribution in [0.3, 0.4) is 0 Å². The summed E-state index contributed by atoms with van der Waals surface area (Å²) in [5.41, 5.74) is 2.62. The van der Waals surface area contributed by atoms with Gasteiger partial charge in [-0.3, -0.25) is 0 Å². The van der Waals surface area contributed by atoms with Crippen molar-refractivity contribution in [3.05, 3.63) is 65.7 Å². The minimum atomic E-state index is -0.254. The van der Waals surface area contributed by atoms with Gasteiger partial charge in [-0.15, -0.1) is 0 Å². The lowest BCUT2D eigenvalue weighted by molar-refractivity contribution is -0.0831. The molecule has 2 aromatic rings. The molecule has 32 heavy (non-hydrogen) atoms. The molecule has 3 nitrogen and oxygen atoms in total. The van der Waals surface area contributed by atoms with Crippen molar-refractivity contribution in [1.29, 1.82) is 0 Å². The molecule has 0 aliphatic heterocycles. The summed E-state index contributed by atoms with van der Waals surface area (Å²) in [6.07, 6.45) is 9.73. The molecule has 176 valence electrons. The van der Waals surface area contributed by atoms with Crippen molar-refractivity contribution in [3.8, 4) is 5.75 Å². The Morgan fingerprint density at radius 3 is 2.31 bits per heavy atom. The molecule has 0 heterocycles. The van der Waals surface area contributed by atoms with Crippen LogP contribution in [0, 0.1) is 11.8 Å². The van der Waals surface area contributed by atoms with Crippen LogP contribution in [0.1, 0.15) is 75.8 Å². The van der Waals surface area contributed by atoms with Gasteiger partial charge in [0.1, 0.15) is 5.75 Å². The normalized spacial score (nSPS) is 16.8. The molecule has 1 aliphatic rings. The zero-order valence-electron chi connectivity index (χ0n) is 20.4. The molecule has 0 aromatic heterocycles. The molecule has 2 atom stereocenters. The van der Waals surface area contributed by atoms with Gasteiger partial charge in [0.05, 0.1) is 6.61 Å². The average Bonchev–Trinajstić information content (AvgIpc) is 2.80. The summed E-state index contributed by atoms with van der Waals surface area (Å²) in [5.74, 6) is 2.92. The molecular formula is C29H43NO2. The van der Waals surface area contributed by atoms with E-state index in [1.54, 1.807) is 0 Å². The third kappa shape index (κ3) is 8.60. The summed E-state index contributed by atoms with van der Waals surface area (Å²) in [4.78, 5) is 0. The van der Waals surface area contributed by atoms with E-state index in [4.69, 9.17) is 9.47 Å². The van der Waals surface area contributed by atoms with Gasteiger partial charge in [-0.1, -0.05) is 88.4 Å². The number of ether oxygens (including phenoxy) is 2. The van der Waals surface area contributed by atoms with E-state index in [-0.39, 0.29) is 6.29 Å². The van der Waals surface area contributed by atoms with Gasteiger partial charge in [0.25, 0.3) is 0 Å². The van der Waals surface area contributed by atoms with Crippen LogP contribution in [0.25, 0.3) is 0 Å². The Kier molecular flexibility index (Phi) is 10.6. The fourth-order valence-electron chi connectivity index (χ4n) is 4.91. The molecule has 0 spiro atoms. The van der Waals surface area contributed by atoms with Gasteiger partial charge in [0, 0.05) is 13.0 Å². The van der Waals surface area contributed by atoms with Gasteiger partial charge in [0.15, 0.2) is 0 Å². The fourth-order valence-corrected chi connectivity index (χ4v) is 4.91. The summed E-state index contributed by atoms with van der Waals surface area (Å²) in [7, 11) is 2.03. The highest BCUT2D eigenvalue weighted by molar-refractivity contribution is 5.30. The van der Waals surface area contributed by atoms with Crippen molar-refractivity contribution in [1.82, 2.24) is 5.32 Å². The largest absolute Gasteiger partial charge is 0.465 e. The molecule has 2 aromatic carbocycles. The first-order valence-electron chi connectivity index (χ1n) is 12.7. The van der Waals surface area contributed by atoms with E-state index in [1.807, 2.05) is 7.05 Å². The van der Waals surface area contributed by atoms with Crippen molar-refractivity contribution in [2.45, 2.75) is 77.4 Å². The van der Waals surface area contributed by atoms with Crippen LogP contribution in [0.2, 0.25) is 0 Å². The molecule has 1 fully saturated rings. The van der Waals surface area contributed by atoms with Gasteiger partial charge in [-0.25, -0.2) is 0 Å². The van der Waals surface area contributed by atoms with E-state index in [0.29, 0.717) is 11.8 Å². The molecule has 2 unspecified atom stereocenters. The second-order valence-electron chi connectivity index (χ2n) is 9.85. The lowest BCUT2D eigenvalue weighted by Gasteiger charge is -2.24. The Morgan fingerprint density at radius 1 is 0.938 bits per heavy atom. The molecule has 3 heteroatoms. The molecule has 0 amide bonds. The predicted octanol–water partition coefficient (Wildman–Crippen LogP) is 6.97. The Balaban J connectivity index is 1.60. The molecule has 1 saturated carbocycles. The van der Waals surface area contributed by atoms with Crippen LogP contribution in [-0.2, 0) is 11.2 Å². The highest BCUT2D eigenvalue weighted by Gasteiger charge is 2.17. The molecule has 0 saturated heterocycles. The van der Waals surface area contributed by atoms with E-state index >= 15 is 0 Å². The Bertz CT molecular complexity index is 738. The Hall–Kier alpha value is -1.84. The number of benzene rings is 2. The molecule has 3 rings (SSSR count). The summed E-state index contributed by atoms with van der Waals surface area (Å²) in [5, 5.41) is 3.34. The van der Waals surface area contributed by atoms with E-state index in [9.17, 15) is 0 Å². The van der Waals surface area contributed by atoms with E-state index < -0.39 is 0 Å². The van der Waals surface area contributed by atoms with Gasteiger partial charge in [-0.2, -0.15) is 0 Å². The molecule has 1 aliphatic carbocycles. The fraction of sp³-hybridized carbons (Fsp3) is 0.586. The van der Waals surface area contributed by atoms with Crippen LogP contribution < -0.4 is 10.1 Å². The standard InChI is InChI=1S/C29H43NO2/c1-23(2)20-27(22-30-3)26-14-16-28(17-15-26)32-29(21-25-12-8-5-9-13-25)31-19-18-24-10-6-4-7-11-24/h5,8-9,12-17,23-24,27,29-30H,4,6-7,10-11,18-22H2,1-3H3. The van der Waals surface area contributed by atoms with Gasteiger partial charge in [-0.05, 0) is 60.9 Å². The van der Waals surface area contributed by atoms with Crippen molar-refractivity contribution < 1.29 is 9.47 Å². The third-order valence-electron chi connectivity index (χ3n) is 6.63. The minimum Gasteiger partial charge on any atom is -0.465 e. The first-order chi connectivity index (χ1) is 15.6. The van der Waals surface area contributed by atoms with Crippen molar-refractivity contribution in [2.75, 3.05) is 20.2 Å². The topological polar surface area (TPSA) is 30.5 Å². The van der Waals surface area contributed by atoms with Crippen LogP contribution in [0.4, 0.5) is 0 Å². The summed E-state index contributed by atoms with van der Waals surface area (Å²) in [6.45, 7) is 6.36. The number of hydrogen-bond donors (Lipinski definition) is 1. The smallest absolute Gasteiger partial charge is 0.203 e. The first kappa shape index (κ1) is 24.8. The van der Waals surface area contributed by atoms with Crippen LogP contribution in [0.5, 0.6) is 5.75 Å². The predicted molar refractivity (Wildman–Crippen MR) is 134 cm³/mol. The Morgan fingerprint density at radius 2 is 1.66 bits per heavy atom. The van der Waals surface area contributed by atoms with Crippen molar-refractivity contribution in [2.24, 2.45) is 11.8 Å². The van der Waals surface area contributed by atoms with Gasteiger partial charge < -0.3 is 14.8 Å². The Labute approximate surface area is 195 Å². The zero-order valence-corrected chi connectivity index (χ0v) is 20.4. The highest BCUT2D eigenvalue weighted by Crippen LogP contribution is 2.28. The first-order valence-corrected chi connectivity index (χ1v) is 12.7. The quantitative estimate of drug-likeness (QED) is 0.343. The maximum absolute atomic E-state index is 6.35. The monoisotopic (exact) mass is 437 g/mol. The van der Waals surface area contributed by atoms with Crippen LogP contribution in [0.15, 0.2) is 54.6 Å². The lowest BCUT2D eigenvalue weighted by atomic mass is 9.87. The summed E-state index contributed by atoms with van der Waals surface area (Å²) < 4.78 is 12.6. The summed E-state index contributed by atoms with van der Waals surface area (Å²) in [6, 6.07) is 19.2. The minimum absolute atomic E-state index is 0.254. The van der Waals surface area contributed by atoms with Gasteiger partial charge in [0.2, 0.25) is 6.29 Å². The second-order valence-corrected chi connectivity index (χ2v) is 9.85. The number of rotatable bonds is 13. The van der Waals surface area contributed by atoms with Crippen molar-refractivity contribution >= 4 is 0 Å². The number of nitrogens with one attached hydrogen (secondary N) is 1. The second kappa shape index (κ2) is 13.6. The van der Waals surface area contributed by atoms with E-state index in [2.05, 4.69) is 73.8 Å².